The SMILES string of the molecule is Fc1ccc(-c2nsc3c(N4CCN(c5ccccc5F)CC4)ncnc23)cc1. The van der Waals surface area contributed by atoms with E-state index in [1.54, 1.807) is 24.5 Å². The van der Waals surface area contributed by atoms with E-state index in [1.807, 2.05) is 12.1 Å². The monoisotopic (exact) mass is 409 g/mol. The van der Waals surface area contributed by atoms with Crippen LogP contribution in [0.2, 0.25) is 0 Å². The molecule has 146 valence electrons. The molecule has 1 saturated heterocycles. The molecule has 1 aliphatic heterocycles. The first-order valence-corrected chi connectivity index (χ1v) is 10.1. The molecule has 4 aromatic rings. The summed E-state index contributed by atoms with van der Waals surface area (Å²) in [5.41, 5.74) is 2.96. The van der Waals surface area contributed by atoms with Gasteiger partial charge in [-0.25, -0.2) is 18.7 Å². The average Bonchev–Trinajstić information content (AvgIpc) is 3.19. The van der Waals surface area contributed by atoms with Gasteiger partial charge in [0, 0.05) is 31.7 Å². The van der Waals surface area contributed by atoms with Crippen molar-refractivity contribution in [1.29, 1.82) is 0 Å². The summed E-state index contributed by atoms with van der Waals surface area (Å²) in [5, 5.41) is 0. The largest absolute Gasteiger partial charge is 0.366 e. The fourth-order valence-electron chi connectivity index (χ4n) is 3.64. The number of rotatable bonds is 3. The summed E-state index contributed by atoms with van der Waals surface area (Å²) in [6.07, 6.45) is 1.54. The van der Waals surface area contributed by atoms with Crippen LogP contribution < -0.4 is 9.80 Å². The van der Waals surface area contributed by atoms with Crippen molar-refractivity contribution in [2.75, 3.05) is 36.0 Å². The zero-order chi connectivity index (χ0) is 19.8. The molecule has 5 rings (SSSR count). The van der Waals surface area contributed by atoms with Crippen LogP contribution in [0.3, 0.4) is 0 Å². The maximum Gasteiger partial charge on any atom is 0.151 e. The van der Waals surface area contributed by atoms with Crippen LogP contribution in [0.5, 0.6) is 0 Å². The van der Waals surface area contributed by atoms with Crippen molar-refractivity contribution in [1.82, 2.24) is 14.3 Å². The third kappa shape index (κ3) is 3.29. The second-order valence-corrected chi connectivity index (χ2v) is 7.61. The number of benzene rings is 2. The normalized spacial score (nSPS) is 14.6. The number of anilines is 2. The van der Waals surface area contributed by atoms with E-state index < -0.39 is 0 Å². The van der Waals surface area contributed by atoms with E-state index in [4.69, 9.17) is 0 Å². The van der Waals surface area contributed by atoms with Crippen LogP contribution in [0.25, 0.3) is 21.5 Å². The Morgan fingerprint density at radius 1 is 0.828 bits per heavy atom. The molecule has 1 fully saturated rings. The Kier molecular flexibility index (Phi) is 4.55. The van der Waals surface area contributed by atoms with E-state index in [2.05, 4.69) is 24.1 Å². The van der Waals surface area contributed by atoms with Gasteiger partial charge in [-0.3, -0.25) is 0 Å². The maximum atomic E-state index is 14.1. The highest BCUT2D eigenvalue weighted by Gasteiger charge is 2.23. The number of aromatic nitrogens is 3. The summed E-state index contributed by atoms with van der Waals surface area (Å²) in [4.78, 5) is 13.2. The lowest BCUT2D eigenvalue weighted by Crippen LogP contribution is -2.47. The van der Waals surface area contributed by atoms with Crippen molar-refractivity contribution in [2.45, 2.75) is 0 Å². The van der Waals surface area contributed by atoms with Gasteiger partial charge in [0.15, 0.2) is 5.82 Å². The zero-order valence-corrected chi connectivity index (χ0v) is 16.2. The molecule has 0 radical (unpaired) electrons. The van der Waals surface area contributed by atoms with Crippen molar-refractivity contribution >= 4 is 33.3 Å². The van der Waals surface area contributed by atoms with Crippen LogP contribution in [0.1, 0.15) is 0 Å². The van der Waals surface area contributed by atoms with Crippen LogP contribution >= 0.6 is 11.5 Å². The predicted molar refractivity (Wildman–Crippen MR) is 111 cm³/mol. The number of hydrogen-bond donors (Lipinski definition) is 0. The predicted octanol–water partition coefficient (Wildman–Crippen LogP) is 4.36. The molecule has 0 saturated carbocycles. The maximum absolute atomic E-state index is 14.1. The highest BCUT2D eigenvalue weighted by molar-refractivity contribution is 7.14. The lowest BCUT2D eigenvalue weighted by atomic mass is 10.1. The third-order valence-corrected chi connectivity index (χ3v) is 5.96. The smallest absolute Gasteiger partial charge is 0.151 e. The van der Waals surface area contributed by atoms with Gasteiger partial charge < -0.3 is 9.80 Å². The van der Waals surface area contributed by atoms with Crippen LogP contribution in [0.15, 0.2) is 54.9 Å². The molecule has 29 heavy (non-hydrogen) atoms. The first kappa shape index (κ1) is 17.9. The van der Waals surface area contributed by atoms with Gasteiger partial charge in [-0.1, -0.05) is 12.1 Å². The number of fused-ring (bicyclic) bond motifs is 1. The summed E-state index contributed by atoms with van der Waals surface area (Å²) < 4.78 is 32.8. The van der Waals surface area contributed by atoms with Crippen LogP contribution in [0, 0.1) is 11.6 Å². The van der Waals surface area contributed by atoms with E-state index in [0.717, 1.165) is 40.4 Å². The molecular weight excluding hydrogens is 392 g/mol. The molecule has 0 aliphatic carbocycles. The molecule has 0 spiro atoms. The van der Waals surface area contributed by atoms with Crippen molar-refractivity contribution in [3.05, 3.63) is 66.5 Å². The van der Waals surface area contributed by atoms with Gasteiger partial charge in [-0.15, -0.1) is 0 Å². The molecule has 2 aromatic carbocycles. The minimum atomic E-state index is -0.281. The second kappa shape index (κ2) is 7.36. The van der Waals surface area contributed by atoms with E-state index in [0.29, 0.717) is 18.8 Å². The fourth-order valence-corrected chi connectivity index (χ4v) is 4.52. The Bertz CT molecular complexity index is 1150. The molecule has 8 heteroatoms. The zero-order valence-electron chi connectivity index (χ0n) is 15.4. The second-order valence-electron chi connectivity index (χ2n) is 6.84. The van der Waals surface area contributed by atoms with Crippen molar-refractivity contribution < 1.29 is 8.78 Å². The fraction of sp³-hybridized carbons (Fsp3) is 0.190. The van der Waals surface area contributed by atoms with Crippen LogP contribution in [-0.4, -0.2) is 40.5 Å². The van der Waals surface area contributed by atoms with Crippen LogP contribution in [0.4, 0.5) is 20.3 Å². The Morgan fingerprint density at radius 3 is 2.31 bits per heavy atom. The quantitative estimate of drug-likeness (QED) is 0.503. The highest BCUT2D eigenvalue weighted by Crippen LogP contribution is 2.34. The minimum Gasteiger partial charge on any atom is -0.366 e. The lowest BCUT2D eigenvalue weighted by Gasteiger charge is -2.36. The van der Waals surface area contributed by atoms with Gasteiger partial charge in [-0.2, -0.15) is 4.37 Å². The molecular formula is C21H17F2N5S. The lowest BCUT2D eigenvalue weighted by molar-refractivity contribution is 0.597. The first-order chi connectivity index (χ1) is 14.2. The van der Waals surface area contributed by atoms with Crippen molar-refractivity contribution in [3.8, 4) is 11.3 Å². The van der Waals surface area contributed by atoms with Gasteiger partial charge in [0.1, 0.15) is 33.9 Å². The van der Waals surface area contributed by atoms with E-state index in [-0.39, 0.29) is 11.6 Å². The molecule has 0 bridgehead atoms. The van der Waals surface area contributed by atoms with Gasteiger partial charge in [0.05, 0.1) is 5.69 Å². The van der Waals surface area contributed by atoms with Crippen LogP contribution in [-0.2, 0) is 0 Å². The summed E-state index contributed by atoms with van der Waals surface area (Å²) in [5.74, 6) is 0.363. The number of hydrogen-bond acceptors (Lipinski definition) is 6. The first-order valence-electron chi connectivity index (χ1n) is 9.31. The molecule has 3 heterocycles. The van der Waals surface area contributed by atoms with E-state index in [9.17, 15) is 8.78 Å². The molecule has 1 aliphatic rings. The number of para-hydroxylation sites is 1. The highest BCUT2D eigenvalue weighted by atomic mass is 32.1. The molecule has 0 atom stereocenters. The molecule has 0 unspecified atom stereocenters. The minimum absolute atomic E-state index is 0.197. The molecule has 5 nitrogen and oxygen atoms in total. The average molecular weight is 409 g/mol. The Hall–Kier alpha value is -3.13. The summed E-state index contributed by atoms with van der Waals surface area (Å²) >= 11 is 1.35. The third-order valence-electron chi connectivity index (χ3n) is 5.13. The molecule has 0 amide bonds. The number of nitrogens with zero attached hydrogens (tertiary/aromatic N) is 5. The van der Waals surface area contributed by atoms with Gasteiger partial charge in [0.2, 0.25) is 0 Å². The van der Waals surface area contributed by atoms with E-state index in [1.165, 1.54) is 29.7 Å². The molecule has 0 N–H and O–H groups in total. The Balaban J connectivity index is 1.42. The number of piperazine rings is 1. The summed E-state index contributed by atoms with van der Waals surface area (Å²) in [6.45, 7) is 2.86. The van der Waals surface area contributed by atoms with Crippen molar-refractivity contribution in [2.24, 2.45) is 0 Å². The standard InChI is InChI=1S/C21H17F2N5S/c22-15-7-5-14(6-8-15)18-19-20(29-26-18)21(25-13-24-19)28-11-9-27(10-12-28)17-4-2-1-3-16(17)23/h1-8,13H,9-12H2. The molecule has 2 aromatic heterocycles. The Morgan fingerprint density at radius 2 is 1.55 bits per heavy atom. The van der Waals surface area contributed by atoms with Gasteiger partial charge in [-0.05, 0) is 47.9 Å². The number of halogens is 2. The topological polar surface area (TPSA) is 45.2 Å². The summed E-state index contributed by atoms with van der Waals surface area (Å²) in [7, 11) is 0. The van der Waals surface area contributed by atoms with Crippen molar-refractivity contribution in [3.63, 3.8) is 0 Å². The van der Waals surface area contributed by atoms with E-state index >= 15 is 0 Å². The summed E-state index contributed by atoms with van der Waals surface area (Å²) in [6, 6.07) is 13.1. The Labute approximate surface area is 170 Å². The van der Waals surface area contributed by atoms with Gasteiger partial charge in [0.25, 0.3) is 0 Å². The van der Waals surface area contributed by atoms with Gasteiger partial charge >= 0.3 is 0 Å².